The van der Waals surface area contributed by atoms with Crippen molar-refractivity contribution in [3.8, 4) is 0 Å². The molecule has 1 saturated heterocycles. The average Bonchev–Trinajstić information content (AvgIpc) is 3.09. The zero-order valence-corrected chi connectivity index (χ0v) is 17.9. The van der Waals surface area contributed by atoms with Crippen LogP contribution in [0.15, 0.2) is 24.7 Å². The summed E-state index contributed by atoms with van der Waals surface area (Å²) in [5.74, 6) is -0.388. The summed E-state index contributed by atoms with van der Waals surface area (Å²) in [7, 11) is 1.37. The summed E-state index contributed by atoms with van der Waals surface area (Å²) < 4.78 is 6.90. The van der Waals surface area contributed by atoms with Crippen LogP contribution in [0.3, 0.4) is 0 Å². The SMILES string of the molecule is CC.COC(=O)c1ccncc1Nc1cn(C2CCN(C(C)C)CC2)nc1C. The first-order chi connectivity index (χ1) is 13.5. The highest BCUT2D eigenvalue weighted by Gasteiger charge is 2.23. The third kappa shape index (κ3) is 5.10. The number of ether oxygens (including phenoxy) is 1. The van der Waals surface area contributed by atoms with Gasteiger partial charge in [-0.3, -0.25) is 9.67 Å². The van der Waals surface area contributed by atoms with Gasteiger partial charge in [0, 0.05) is 31.5 Å². The van der Waals surface area contributed by atoms with Crippen molar-refractivity contribution in [2.75, 3.05) is 25.5 Å². The van der Waals surface area contributed by atoms with E-state index in [1.54, 1.807) is 18.5 Å². The molecule has 0 saturated carbocycles. The molecule has 1 aliphatic heterocycles. The Bertz CT molecular complexity index is 764. The molecule has 7 nitrogen and oxygen atoms in total. The Morgan fingerprint density at radius 3 is 2.54 bits per heavy atom. The minimum atomic E-state index is -0.388. The molecule has 0 radical (unpaired) electrons. The Labute approximate surface area is 168 Å². The number of methoxy groups -OCH3 is 1. The fourth-order valence-electron chi connectivity index (χ4n) is 3.39. The molecule has 28 heavy (non-hydrogen) atoms. The molecular weight excluding hydrogens is 354 g/mol. The van der Waals surface area contributed by atoms with Gasteiger partial charge in [0.05, 0.1) is 42.0 Å². The summed E-state index contributed by atoms with van der Waals surface area (Å²) in [6.45, 7) is 12.6. The van der Waals surface area contributed by atoms with Gasteiger partial charge in [0.25, 0.3) is 0 Å². The molecule has 0 aromatic carbocycles. The molecule has 0 unspecified atom stereocenters. The third-order valence-corrected chi connectivity index (χ3v) is 5.02. The first-order valence-electron chi connectivity index (χ1n) is 10.1. The molecule has 0 aliphatic carbocycles. The van der Waals surface area contributed by atoms with Crippen LogP contribution in [0.2, 0.25) is 0 Å². The molecule has 1 fully saturated rings. The lowest BCUT2D eigenvalue weighted by molar-refractivity contribution is 0.0601. The van der Waals surface area contributed by atoms with E-state index in [9.17, 15) is 4.79 Å². The number of nitrogens with zero attached hydrogens (tertiary/aromatic N) is 4. The highest BCUT2D eigenvalue weighted by molar-refractivity contribution is 5.96. The van der Waals surface area contributed by atoms with Crippen LogP contribution in [0.1, 0.15) is 62.6 Å². The van der Waals surface area contributed by atoms with Crippen molar-refractivity contribution in [1.29, 1.82) is 0 Å². The summed E-state index contributed by atoms with van der Waals surface area (Å²) in [4.78, 5) is 18.5. The molecule has 1 aliphatic rings. The van der Waals surface area contributed by atoms with E-state index in [0.29, 0.717) is 23.3 Å². The first-order valence-corrected chi connectivity index (χ1v) is 10.1. The van der Waals surface area contributed by atoms with Gasteiger partial charge >= 0.3 is 5.97 Å². The van der Waals surface area contributed by atoms with Crippen LogP contribution in [-0.2, 0) is 4.74 Å². The number of likely N-dealkylation sites (tertiary alicyclic amines) is 1. The molecule has 0 amide bonds. The number of aromatic nitrogens is 3. The maximum Gasteiger partial charge on any atom is 0.340 e. The molecule has 0 bridgehead atoms. The quantitative estimate of drug-likeness (QED) is 0.776. The highest BCUT2D eigenvalue weighted by Crippen LogP contribution is 2.28. The van der Waals surface area contributed by atoms with E-state index < -0.39 is 0 Å². The van der Waals surface area contributed by atoms with Crippen LogP contribution in [0.4, 0.5) is 11.4 Å². The summed E-state index contributed by atoms with van der Waals surface area (Å²) in [5.41, 5.74) is 2.86. The fourth-order valence-corrected chi connectivity index (χ4v) is 3.39. The number of hydrogen-bond acceptors (Lipinski definition) is 6. The van der Waals surface area contributed by atoms with Gasteiger partial charge in [-0.25, -0.2) is 4.79 Å². The predicted octanol–water partition coefficient (Wildman–Crippen LogP) is 4.19. The van der Waals surface area contributed by atoms with Crippen molar-refractivity contribution in [3.63, 3.8) is 0 Å². The number of carbonyl (C=O) groups excluding carboxylic acids is 1. The van der Waals surface area contributed by atoms with E-state index in [1.807, 2.05) is 27.0 Å². The number of pyridine rings is 1. The van der Waals surface area contributed by atoms with E-state index in [1.165, 1.54) is 7.11 Å². The summed E-state index contributed by atoms with van der Waals surface area (Å²) in [5, 5.41) is 7.98. The molecule has 2 aromatic rings. The van der Waals surface area contributed by atoms with Crippen LogP contribution < -0.4 is 5.32 Å². The van der Waals surface area contributed by atoms with Gasteiger partial charge < -0.3 is 15.0 Å². The monoisotopic (exact) mass is 387 g/mol. The lowest BCUT2D eigenvalue weighted by atomic mass is 10.0. The topological polar surface area (TPSA) is 72.3 Å². The third-order valence-electron chi connectivity index (χ3n) is 5.02. The molecule has 3 heterocycles. The molecule has 0 spiro atoms. The Kier molecular flexibility index (Phi) is 7.99. The highest BCUT2D eigenvalue weighted by atomic mass is 16.5. The second-order valence-corrected chi connectivity index (χ2v) is 7.01. The Morgan fingerprint density at radius 1 is 1.25 bits per heavy atom. The summed E-state index contributed by atoms with van der Waals surface area (Å²) >= 11 is 0. The lowest BCUT2D eigenvalue weighted by Gasteiger charge is -2.34. The van der Waals surface area contributed by atoms with Crippen LogP contribution in [0, 0.1) is 6.92 Å². The zero-order chi connectivity index (χ0) is 20.7. The fraction of sp³-hybridized carbons (Fsp3) is 0.571. The number of anilines is 2. The number of piperidine rings is 1. The second kappa shape index (κ2) is 10.2. The average molecular weight is 388 g/mol. The minimum absolute atomic E-state index is 0.388. The largest absolute Gasteiger partial charge is 0.465 e. The van der Waals surface area contributed by atoms with Gasteiger partial charge in [0.1, 0.15) is 0 Å². The number of aryl methyl sites for hydroxylation is 1. The predicted molar refractivity (Wildman–Crippen MR) is 112 cm³/mol. The van der Waals surface area contributed by atoms with Crippen molar-refractivity contribution >= 4 is 17.3 Å². The van der Waals surface area contributed by atoms with Crippen molar-refractivity contribution in [3.05, 3.63) is 35.9 Å². The maximum atomic E-state index is 11.9. The van der Waals surface area contributed by atoms with Crippen molar-refractivity contribution < 1.29 is 9.53 Å². The number of nitrogens with one attached hydrogen (secondary N) is 1. The number of esters is 1. The van der Waals surface area contributed by atoms with Gasteiger partial charge in [0.15, 0.2) is 0 Å². The van der Waals surface area contributed by atoms with E-state index in [0.717, 1.165) is 37.3 Å². The second-order valence-electron chi connectivity index (χ2n) is 7.01. The summed E-state index contributed by atoms with van der Waals surface area (Å²) in [6.07, 6.45) is 7.43. The molecule has 154 valence electrons. The van der Waals surface area contributed by atoms with Crippen LogP contribution in [0.25, 0.3) is 0 Å². The van der Waals surface area contributed by atoms with Crippen molar-refractivity contribution in [1.82, 2.24) is 19.7 Å². The Hall–Kier alpha value is -2.41. The van der Waals surface area contributed by atoms with Gasteiger partial charge in [-0.05, 0) is 39.7 Å². The van der Waals surface area contributed by atoms with Crippen molar-refractivity contribution in [2.45, 2.75) is 59.5 Å². The lowest BCUT2D eigenvalue weighted by Crippen LogP contribution is -2.39. The number of carbonyl (C=O) groups is 1. The van der Waals surface area contributed by atoms with E-state index in [-0.39, 0.29) is 5.97 Å². The molecular formula is C21H33N5O2. The van der Waals surface area contributed by atoms with Gasteiger partial charge in [-0.15, -0.1) is 0 Å². The minimum Gasteiger partial charge on any atom is -0.465 e. The molecule has 2 aromatic heterocycles. The Balaban J connectivity index is 0.00000136. The summed E-state index contributed by atoms with van der Waals surface area (Å²) in [6, 6.07) is 2.65. The van der Waals surface area contributed by atoms with Crippen molar-refractivity contribution in [2.24, 2.45) is 0 Å². The molecule has 1 N–H and O–H groups in total. The van der Waals surface area contributed by atoms with Gasteiger partial charge in [0.2, 0.25) is 0 Å². The smallest absolute Gasteiger partial charge is 0.340 e. The van der Waals surface area contributed by atoms with E-state index in [4.69, 9.17) is 9.84 Å². The van der Waals surface area contributed by atoms with Gasteiger partial charge in [-0.1, -0.05) is 13.8 Å². The maximum absolute atomic E-state index is 11.9. The first kappa shape index (κ1) is 21.9. The van der Waals surface area contributed by atoms with E-state index >= 15 is 0 Å². The molecule has 0 atom stereocenters. The molecule has 3 rings (SSSR count). The van der Waals surface area contributed by atoms with Gasteiger partial charge in [-0.2, -0.15) is 5.10 Å². The van der Waals surface area contributed by atoms with Crippen LogP contribution in [0.5, 0.6) is 0 Å². The Morgan fingerprint density at radius 2 is 1.93 bits per heavy atom. The standard InChI is InChI=1S/C19H27N5O2.C2H6/c1-13(2)23-9-6-15(7-10-23)24-12-18(14(3)22-24)21-17-11-20-8-5-16(17)19(25)26-4;1-2/h5,8,11-13,15,21H,6-7,9-10H2,1-4H3;1-2H3. The van der Waals surface area contributed by atoms with E-state index in [2.05, 4.69) is 33.7 Å². The number of rotatable bonds is 5. The number of hydrogen-bond donors (Lipinski definition) is 1. The molecule has 7 heteroatoms. The zero-order valence-electron chi connectivity index (χ0n) is 17.9. The van der Waals surface area contributed by atoms with Crippen LogP contribution in [-0.4, -0.2) is 51.9 Å². The van der Waals surface area contributed by atoms with Crippen LogP contribution >= 0.6 is 0 Å². The normalized spacial score (nSPS) is 15.1.